The molecule has 3 heterocycles. The number of methoxy groups -OCH3 is 1. The van der Waals surface area contributed by atoms with E-state index in [0.29, 0.717) is 31.5 Å². The van der Waals surface area contributed by atoms with Crippen molar-refractivity contribution < 1.29 is 13.9 Å². The Hall–Kier alpha value is -2.79. The number of terminal acetylenes is 1. The van der Waals surface area contributed by atoms with Crippen LogP contribution in [0.3, 0.4) is 0 Å². The number of nitrogens with one attached hydrogen (secondary N) is 1. The maximum absolute atomic E-state index is 14.2. The van der Waals surface area contributed by atoms with E-state index in [1.165, 1.54) is 17.6 Å². The largest absolute Gasteiger partial charge is 0.378 e. The second-order valence-corrected chi connectivity index (χ2v) is 5.87. The number of pyridine rings is 1. The number of fused-ring (bicyclic) bond motifs is 1. The Morgan fingerprint density at radius 3 is 2.92 bits per heavy atom. The highest BCUT2D eigenvalue weighted by molar-refractivity contribution is 5.94. The van der Waals surface area contributed by atoms with Crippen LogP contribution in [0, 0.1) is 18.2 Å². The number of hydrogen-bond donors (Lipinski definition) is 1. The van der Waals surface area contributed by atoms with Gasteiger partial charge in [0, 0.05) is 45.3 Å². The molecule has 1 aliphatic heterocycles. The highest BCUT2D eigenvalue weighted by atomic mass is 19.1. The monoisotopic (exact) mass is 343 g/mol. The number of rotatable bonds is 8. The van der Waals surface area contributed by atoms with Crippen LogP contribution in [0.4, 0.5) is 4.39 Å². The van der Waals surface area contributed by atoms with E-state index >= 15 is 0 Å². The predicted octanol–water partition coefficient (Wildman–Crippen LogP) is 2.32. The van der Waals surface area contributed by atoms with Gasteiger partial charge in [-0.25, -0.2) is 9.37 Å². The fraction of sp³-hybridized carbons (Fsp3) is 0.412. The van der Waals surface area contributed by atoms with Gasteiger partial charge in [0.25, 0.3) is 5.91 Å². The predicted molar refractivity (Wildman–Crippen MR) is 88.5 cm³/mol. The number of imidazole rings is 1. The standard InChI is InChI=1S/C17H18FN5O2/c1-3-4-5-17(21-22-17)6-7-19-16(24)12-8-14(18)15-20-13(11-25-2)10-23(15)9-12/h1,8-10H,4-7,11H2,2H3,(H,19,24). The number of aromatic nitrogens is 2. The Kier molecular flexibility index (Phi) is 4.76. The second kappa shape index (κ2) is 6.99. The van der Waals surface area contributed by atoms with Crippen LogP contribution in [0.15, 0.2) is 28.7 Å². The minimum Gasteiger partial charge on any atom is -0.378 e. The van der Waals surface area contributed by atoms with E-state index in [2.05, 4.69) is 26.4 Å². The zero-order valence-corrected chi connectivity index (χ0v) is 13.8. The molecule has 7 nitrogen and oxygen atoms in total. The molecule has 0 saturated carbocycles. The molecule has 0 unspecified atom stereocenters. The topological polar surface area (TPSA) is 80.3 Å². The average molecular weight is 343 g/mol. The summed E-state index contributed by atoms with van der Waals surface area (Å²) in [4.78, 5) is 16.4. The molecule has 1 amide bonds. The molecule has 130 valence electrons. The normalized spacial score (nSPS) is 14.4. The van der Waals surface area contributed by atoms with Crippen molar-refractivity contribution in [3.8, 4) is 12.3 Å². The van der Waals surface area contributed by atoms with Crippen molar-refractivity contribution in [1.29, 1.82) is 0 Å². The zero-order chi connectivity index (χ0) is 17.9. The first kappa shape index (κ1) is 17.0. The zero-order valence-electron chi connectivity index (χ0n) is 13.8. The van der Waals surface area contributed by atoms with Crippen LogP contribution in [0.1, 0.15) is 35.3 Å². The van der Waals surface area contributed by atoms with Gasteiger partial charge in [0.1, 0.15) is 0 Å². The highest BCUT2D eigenvalue weighted by Gasteiger charge is 2.38. The molecule has 0 radical (unpaired) electrons. The Morgan fingerprint density at radius 1 is 1.44 bits per heavy atom. The van der Waals surface area contributed by atoms with E-state index in [4.69, 9.17) is 11.2 Å². The van der Waals surface area contributed by atoms with Gasteiger partial charge in [-0.15, -0.1) is 12.3 Å². The van der Waals surface area contributed by atoms with E-state index < -0.39 is 11.5 Å². The van der Waals surface area contributed by atoms with Gasteiger partial charge >= 0.3 is 0 Å². The fourth-order valence-electron chi connectivity index (χ4n) is 2.60. The molecular weight excluding hydrogens is 325 g/mol. The molecule has 2 aromatic rings. The quantitative estimate of drug-likeness (QED) is 0.747. The van der Waals surface area contributed by atoms with Crippen molar-refractivity contribution in [2.75, 3.05) is 13.7 Å². The fourth-order valence-corrected chi connectivity index (χ4v) is 2.60. The summed E-state index contributed by atoms with van der Waals surface area (Å²) < 4.78 is 20.6. The van der Waals surface area contributed by atoms with E-state index in [1.54, 1.807) is 12.4 Å². The summed E-state index contributed by atoms with van der Waals surface area (Å²) in [6.45, 7) is 0.657. The van der Waals surface area contributed by atoms with Crippen molar-refractivity contribution in [2.24, 2.45) is 10.2 Å². The van der Waals surface area contributed by atoms with Gasteiger partial charge < -0.3 is 14.5 Å². The van der Waals surface area contributed by atoms with Crippen molar-refractivity contribution in [1.82, 2.24) is 14.7 Å². The first-order valence-corrected chi connectivity index (χ1v) is 7.89. The van der Waals surface area contributed by atoms with Gasteiger partial charge in [-0.2, -0.15) is 10.2 Å². The second-order valence-electron chi connectivity index (χ2n) is 5.87. The maximum atomic E-state index is 14.2. The molecule has 0 spiro atoms. The summed E-state index contributed by atoms with van der Waals surface area (Å²) in [5.74, 6) is 1.63. The number of nitrogens with zero attached hydrogens (tertiary/aromatic N) is 4. The van der Waals surface area contributed by atoms with Crippen LogP contribution >= 0.6 is 0 Å². The van der Waals surface area contributed by atoms with Crippen molar-refractivity contribution >= 4 is 11.6 Å². The van der Waals surface area contributed by atoms with Crippen LogP contribution < -0.4 is 5.32 Å². The molecule has 0 saturated heterocycles. The molecule has 25 heavy (non-hydrogen) atoms. The number of hydrogen-bond acceptors (Lipinski definition) is 5. The molecule has 0 bridgehead atoms. The van der Waals surface area contributed by atoms with Gasteiger partial charge in [-0.05, 0) is 6.07 Å². The Labute approximate surface area is 144 Å². The van der Waals surface area contributed by atoms with Gasteiger partial charge in [0.2, 0.25) is 0 Å². The van der Waals surface area contributed by atoms with Crippen molar-refractivity contribution in [3.05, 3.63) is 35.5 Å². The van der Waals surface area contributed by atoms with Crippen LogP contribution in [-0.2, 0) is 11.3 Å². The number of amides is 1. The van der Waals surface area contributed by atoms with Crippen LogP contribution in [0.5, 0.6) is 0 Å². The summed E-state index contributed by atoms with van der Waals surface area (Å²) >= 11 is 0. The Bertz CT molecular complexity index is 862. The third-order valence-corrected chi connectivity index (χ3v) is 3.97. The van der Waals surface area contributed by atoms with Gasteiger partial charge in [0.15, 0.2) is 17.1 Å². The number of halogens is 1. The smallest absolute Gasteiger partial charge is 0.252 e. The molecular formula is C17H18FN5O2. The number of carbonyl (C=O) groups is 1. The molecule has 8 heteroatoms. The van der Waals surface area contributed by atoms with E-state index in [9.17, 15) is 9.18 Å². The maximum Gasteiger partial charge on any atom is 0.252 e. The minimum atomic E-state index is -0.562. The van der Waals surface area contributed by atoms with E-state index in [0.717, 1.165) is 0 Å². The number of carbonyl (C=O) groups excluding carboxylic acids is 1. The summed E-state index contributed by atoms with van der Waals surface area (Å²) in [5.41, 5.74) is 0.515. The van der Waals surface area contributed by atoms with Crippen LogP contribution in [-0.4, -0.2) is 34.6 Å². The molecule has 0 atom stereocenters. The molecule has 0 aliphatic carbocycles. The summed E-state index contributed by atoms with van der Waals surface area (Å²) in [6.07, 6.45) is 10.3. The summed E-state index contributed by atoms with van der Waals surface area (Å²) in [5, 5.41) is 10.8. The van der Waals surface area contributed by atoms with Gasteiger partial charge in [-0.3, -0.25) is 4.79 Å². The lowest BCUT2D eigenvalue weighted by atomic mass is 10.0. The lowest BCUT2D eigenvalue weighted by Gasteiger charge is -2.10. The third-order valence-electron chi connectivity index (χ3n) is 3.97. The molecule has 1 N–H and O–H groups in total. The molecule has 1 aliphatic rings. The Balaban J connectivity index is 1.63. The van der Waals surface area contributed by atoms with E-state index in [-0.39, 0.29) is 23.7 Å². The Morgan fingerprint density at radius 2 is 2.24 bits per heavy atom. The van der Waals surface area contributed by atoms with E-state index in [1.807, 2.05) is 0 Å². The molecule has 0 fully saturated rings. The first-order valence-electron chi connectivity index (χ1n) is 7.89. The first-order chi connectivity index (χ1) is 12.1. The van der Waals surface area contributed by atoms with Crippen molar-refractivity contribution in [2.45, 2.75) is 31.5 Å². The van der Waals surface area contributed by atoms with Crippen molar-refractivity contribution in [3.63, 3.8) is 0 Å². The lowest BCUT2D eigenvalue weighted by Crippen LogP contribution is -2.28. The molecule has 3 rings (SSSR count). The lowest BCUT2D eigenvalue weighted by molar-refractivity contribution is 0.0951. The summed E-state index contributed by atoms with van der Waals surface area (Å²) in [7, 11) is 1.54. The van der Waals surface area contributed by atoms with Crippen LogP contribution in [0.25, 0.3) is 5.65 Å². The highest BCUT2D eigenvalue weighted by Crippen LogP contribution is 2.36. The molecule has 2 aromatic heterocycles. The molecule has 0 aromatic carbocycles. The third kappa shape index (κ3) is 3.83. The van der Waals surface area contributed by atoms with Crippen LogP contribution in [0.2, 0.25) is 0 Å². The average Bonchev–Trinajstić information content (AvgIpc) is 3.23. The summed E-state index contributed by atoms with van der Waals surface area (Å²) in [6, 6.07) is 1.17. The minimum absolute atomic E-state index is 0.160. The van der Waals surface area contributed by atoms with Gasteiger partial charge in [-0.1, -0.05) is 0 Å². The van der Waals surface area contributed by atoms with Gasteiger partial charge in [0.05, 0.1) is 17.9 Å². The number of ether oxygens (including phenoxy) is 1. The SMILES string of the molecule is C#CCCC1(CCNC(=O)c2cc(F)c3nc(COC)cn3c2)N=N1.